The smallest absolute Gasteiger partial charge is 0.248 e. The van der Waals surface area contributed by atoms with E-state index in [1.807, 2.05) is 0 Å². The molecule has 1 amide bonds. The predicted molar refractivity (Wildman–Crippen MR) is 74.3 cm³/mol. The van der Waals surface area contributed by atoms with E-state index < -0.39 is 28.5 Å². The van der Waals surface area contributed by atoms with E-state index in [1.54, 1.807) is 0 Å². The van der Waals surface area contributed by atoms with Crippen molar-refractivity contribution < 1.29 is 22.2 Å². The molecule has 0 unspecified atom stereocenters. The number of hydrogen-bond acceptors (Lipinski definition) is 2. The maximum absolute atomic E-state index is 13.7. The van der Waals surface area contributed by atoms with E-state index in [1.165, 1.54) is 18.4 Å². The average molecular weight is 319 g/mol. The van der Waals surface area contributed by atoms with E-state index in [4.69, 9.17) is 0 Å². The van der Waals surface area contributed by atoms with Crippen LogP contribution in [0.5, 0.6) is 0 Å². The fourth-order valence-electron chi connectivity index (χ4n) is 2.36. The highest BCUT2D eigenvalue weighted by Crippen LogP contribution is 2.36. The molecule has 0 aromatic heterocycles. The van der Waals surface area contributed by atoms with E-state index in [2.05, 4.69) is 5.32 Å². The predicted octanol–water partition coefficient (Wildman–Crippen LogP) is 3.33. The average Bonchev–Trinajstić information content (AvgIpc) is 2.38. The number of hydrogen-bond donors (Lipinski definition) is 1. The lowest BCUT2D eigenvalue weighted by molar-refractivity contribution is -0.124. The maximum Gasteiger partial charge on any atom is 0.248 e. The number of carbonyl (C=O) groups excluding carboxylic acids is 1. The molecule has 0 spiro atoms. The van der Waals surface area contributed by atoms with Gasteiger partial charge in [-0.25, -0.2) is 13.2 Å². The summed E-state index contributed by atoms with van der Waals surface area (Å²) >= 11 is 0. The molecular weight excluding hydrogens is 303 g/mol. The molecule has 0 radical (unpaired) electrons. The fourth-order valence-corrected chi connectivity index (χ4v) is 2.95. The summed E-state index contributed by atoms with van der Waals surface area (Å²) in [5.74, 6) is -4.21. The lowest BCUT2D eigenvalue weighted by atomic mass is 9.86. The first-order valence-electron chi connectivity index (χ1n) is 6.60. The second kappa shape index (κ2) is 6.17. The monoisotopic (exact) mass is 319 g/mol. The van der Waals surface area contributed by atoms with Crippen molar-refractivity contribution in [2.24, 2.45) is 5.92 Å². The Morgan fingerprint density at radius 1 is 1.33 bits per heavy atom. The number of alkyl halides is 2. The highest BCUT2D eigenvalue weighted by atomic mass is 32.2. The molecule has 0 heterocycles. The lowest BCUT2D eigenvalue weighted by Gasteiger charge is -2.27. The summed E-state index contributed by atoms with van der Waals surface area (Å²) in [6.07, 6.45) is 1.01. The Kier molecular flexibility index (Phi) is 4.70. The summed E-state index contributed by atoms with van der Waals surface area (Å²) in [5.41, 5.74) is 0.240. The minimum Gasteiger partial charge on any atom is -0.326 e. The molecule has 1 atom stereocenters. The van der Waals surface area contributed by atoms with Gasteiger partial charge in [-0.05, 0) is 31.0 Å². The highest BCUT2D eigenvalue weighted by Gasteiger charge is 2.37. The van der Waals surface area contributed by atoms with Gasteiger partial charge < -0.3 is 5.32 Å². The molecule has 21 heavy (non-hydrogen) atoms. The zero-order valence-corrected chi connectivity index (χ0v) is 12.3. The molecule has 1 aromatic carbocycles. The van der Waals surface area contributed by atoms with Gasteiger partial charge in [-0.1, -0.05) is 0 Å². The first-order chi connectivity index (χ1) is 9.78. The van der Waals surface area contributed by atoms with Crippen molar-refractivity contribution in [2.45, 2.75) is 36.5 Å². The van der Waals surface area contributed by atoms with E-state index in [0.717, 1.165) is 6.07 Å². The van der Waals surface area contributed by atoms with Crippen LogP contribution in [0, 0.1) is 11.7 Å². The van der Waals surface area contributed by atoms with E-state index in [-0.39, 0.29) is 42.2 Å². The molecule has 1 aliphatic carbocycles. The fraction of sp³-hybridized carbons (Fsp3) is 0.500. The van der Waals surface area contributed by atoms with Gasteiger partial charge in [0.2, 0.25) is 11.8 Å². The van der Waals surface area contributed by atoms with Crippen molar-refractivity contribution in [1.82, 2.24) is 0 Å². The van der Waals surface area contributed by atoms with Gasteiger partial charge in [-0.15, -0.1) is 0 Å². The van der Waals surface area contributed by atoms with Crippen LogP contribution in [0.25, 0.3) is 0 Å². The van der Waals surface area contributed by atoms with Crippen molar-refractivity contribution in [1.29, 1.82) is 0 Å². The first-order valence-corrected chi connectivity index (χ1v) is 8.16. The SMILES string of the molecule is C[S@](=O)c1ccc(NC(=O)C2CCC(F)(F)CC2)cc1F. The molecule has 7 heteroatoms. The van der Waals surface area contributed by atoms with Gasteiger partial charge in [0.1, 0.15) is 5.82 Å². The van der Waals surface area contributed by atoms with Gasteiger partial charge >= 0.3 is 0 Å². The Hall–Kier alpha value is -1.37. The van der Waals surface area contributed by atoms with E-state index >= 15 is 0 Å². The molecule has 0 saturated heterocycles. The standard InChI is InChI=1S/C14H16F3NO2S/c1-21(20)12-3-2-10(8-11(12)15)18-13(19)9-4-6-14(16,17)7-5-9/h2-3,8-9H,4-7H2,1H3,(H,18,19)/t21-/m0/s1. The first kappa shape index (κ1) is 16.0. The molecule has 1 N–H and O–H groups in total. The summed E-state index contributed by atoms with van der Waals surface area (Å²) in [6, 6.07) is 3.89. The molecule has 3 nitrogen and oxygen atoms in total. The van der Waals surface area contributed by atoms with Crippen LogP contribution in [-0.2, 0) is 15.6 Å². The summed E-state index contributed by atoms with van der Waals surface area (Å²) < 4.78 is 50.9. The molecular formula is C14H16F3NO2S. The summed E-state index contributed by atoms with van der Waals surface area (Å²) in [7, 11) is -1.45. The van der Waals surface area contributed by atoms with Gasteiger partial charge in [-0.3, -0.25) is 9.00 Å². The lowest BCUT2D eigenvalue weighted by Crippen LogP contribution is -2.31. The van der Waals surface area contributed by atoms with Gasteiger partial charge in [-0.2, -0.15) is 0 Å². The molecule has 2 rings (SSSR count). The van der Waals surface area contributed by atoms with Crippen LogP contribution in [0.2, 0.25) is 0 Å². The zero-order valence-electron chi connectivity index (χ0n) is 11.5. The van der Waals surface area contributed by atoms with Crippen molar-refractivity contribution in [3.05, 3.63) is 24.0 Å². The minimum atomic E-state index is -2.68. The van der Waals surface area contributed by atoms with E-state index in [9.17, 15) is 22.2 Å². The van der Waals surface area contributed by atoms with Crippen molar-refractivity contribution in [3.8, 4) is 0 Å². The maximum atomic E-state index is 13.7. The van der Waals surface area contributed by atoms with Crippen LogP contribution in [-0.4, -0.2) is 22.3 Å². The van der Waals surface area contributed by atoms with Crippen molar-refractivity contribution >= 4 is 22.4 Å². The molecule has 116 valence electrons. The summed E-state index contributed by atoms with van der Waals surface area (Å²) in [6.45, 7) is 0. The van der Waals surface area contributed by atoms with Gasteiger partial charge in [0.15, 0.2) is 0 Å². The number of rotatable bonds is 3. The molecule has 1 aromatic rings. The second-order valence-electron chi connectivity index (χ2n) is 5.22. The van der Waals surface area contributed by atoms with Crippen molar-refractivity contribution in [3.63, 3.8) is 0 Å². The Labute approximate surface area is 123 Å². The number of amides is 1. The number of benzene rings is 1. The minimum absolute atomic E-state index is 0.0605. The quantitative estimate of drug-likeness (QED) is 0.929. The van der Waals surface area contributed by atoms with Crippen LogP contribution in [0.3, 0.4) is 0 Å². The zero-order chi connectivity index (χ0) is 15.6. The number of nitrogens with one attached hydrogen (secondary N) is 1. The third-order valence-electron chi connectivity index (χ3n) is 3.60. The van der Waals surface area contributed by atoms with Crippen LogP contribution >= 0.6 is 0 Å². The van der Waals surface area contributed by atoms with Gasteiger partial charge in [0.05, 0.1) is 15.7 Å². The summed E-state index contributed by atoms with van der Waals surface area (Å²) in [5, 5.41) is 2.52. The van der Waals surface area contributed by atoms with Crippen LogP contribution in [0.1, 0.15) is 25.7 Å². The van der Waals surface area contributed by atoms with Crippen molar-refractivity contribution in [2.75, 3.05) is 11.6 Å². The van der Waals surface area contributed by atoms with Crippen LogP contribution in [0.15, 0.2) is 23.1 Å². The second-order valence-corrected chi connectivity index (χ2v) is 6.57. The number of halogens is 3. The third kappa shape index (κ3) is 4.06. The Balaban J connectivity index is 2.00. The van der Waals surface area contributed by atoms with Crippen LogP contribution in [0.4, 0.5) is 18.9 Å². The molecule has 1 aliphatic rings. The molecule has 0 aliphatic heterocycles. The largest absolute Gasteiger partial charge is 0.326 e. The normalized spacial score (nSPS) is 20.0. The van der Waals surface area contributed by atoms with Crippen LogP contribution < -0.4 is 5.32 Å². The Morgan fingerprint density at radius 3 is 2.48 bits per heavy atom. The van der Waals surface area contributed by atoms with E-state index in [0.29, 0.717) is 0 Å². The molecule has 1 fully saturated rings. The topological polar surface area (TPSA) is 46.2 Å². The van der Waals surface area contributed by atoms with Gasteiger partial charge in [0.25, 0.3) is 0 Å². The molecule has 1 saturated carbocycles. The number of anilines is 1. The molecule has 0 bridgehead atoms. The Bertz CT molecular complexity index is 567. The Morgan fingerprint density at radius 2 is 1.95 bits per heavy atom. The number of carbonyl (C=O) groups is 1. The summed E-state index contributed by atoms with van der Waals surface area (Å²) in [4.78, 5) is 12.0. The van der Waals surface area contributed by atoms with Gasteiger partial charge in [0, 0.05) is 30.7 Å². The third-order valence-corrected chi connectivity index (χ3v) is 4.55. The highest BCUT2D eigenvalue weighted by molar-refractivity contribution is 7.84.